The minimum Gasteiger partial charge on any atom is -0.496 e. The van der Waals surface area contributed by atoms with E-state index in [1.807, 2.05) is 12.1 Å². The molecule has 1 aromatic carbocycles. The number of hydrogen-bond acceptors (Lipinski definition) is 5. The van der Waals surface area contributed by atoms with E-state index in [0.29, 0.717) is 17.4 Å². The first kappa shape index (κ1) is 17.7. The number of halogens is 1. The monoisotopic (exact) mass is 382 g/mol. The number of nitrogens with zero attached hydrogens (tertiary/aromatic N) is 4. The zero-order valence-corrected chi connectivity index (χ0v) is 15.9. The zero-order valence-electron chi connectivity index (χ0n) is 15.1. The second-order valence-corrected chi connectivity index (χ2v) is 7.12. The Hall–Kier alpha value is -2.73. The summed E-state index contributed by atoms with van der Waals surface area (Å²) in [6.45, 7) is 2.08. The van der Waals surface area contributed by atoms with Crippen LogP contribution in [0.4, 0.5) is 0 Å². The largest absolute Gasteiger partial charge is 0.496 e. The summed E-state index contributed by atoms with van der Waals surface area (Å²) in [5.41, 5.74) is 4.05. The van der Waals surface area contributed by atoms with E-state index in [1.165, 1.54) is 22.6 Å². The standard InChI is InChI=1S/C20H19ClN4O2/c1-12-16(4-3-5-18(12)27-2)13-6-7-17-14(8-13)9-24-25(19(17)26)20-22-10-15(21)11-23-20/h3-5,9-11,13H,6-8H2,1-2H3. The molecule has 2 aromatic heterocycles. The Bertz CT molecular complexity index is 1050. The van der Waals surface area contributed by atoms with E-state index in [0.717, 1.165) is 35.3 Å². The highest BCUT2D eigenvalue weighted by Crippen LogP contribution is 2.35. The van der Waals surface area contributed by atoms with Crippen molar-refractivity contribution in [3.63, 3.8) is 0 Å². The van der Waals surface area contributed by atoms with E-state index in [-0.39, 0.29) is 11.5 Å². The molecule has 3 aromatic rings. The van der Waals surface area contributed by atoms with Crippen molar-refractivity contribution in [3.8, 4) is 11.7 Å². The molecule has 0 saturated carbocycles. The zero-order chi connectivity index (χ0) is 19.0. The van der Waals surface area contributed by atoms with E-state index in [1.54, 1.807) is 13.3 Å². The minimum absolute atomic E-state index is 0.157. The van der Waals surface area contributed by atoms with Crippen molar-refractivity contribution in [2.75, 3.05) is 7.11 Å². The Labute approximate surface area is 161 Å². The number of hydrogen-bond donors (Lipinski definition) is 0. The number of fused-ring (bicyclic) bond motifs is 1. The minimum atomic E-state index is -0.157. The van der Waals surface area contributed by atoms with E-state index >= 15 is 0 Å². The van der Waals surface area contributed by atoms with Crippen LogP contribution in [0.2, 0.25) is 5.02 Å². The highest BCUT2D eigenvalue weighted by molar-refractivity contribution is 6.30. The fourth-order valence-electron chi connectivity index (χ4n) is 3.77. The molecule has 6 nitrogen and oxygen atoms in total. The third-order valence-corrected chi connectivity index (χ3v) is 5.35. The lowest BCUT2D eigenvalue weighted by Crippen LogP contribution is -2.30. The van der Waals surface area contributed by atoms with E-state index in [9.17, 15) is 4.79 Å². The quantitative estimate of drug-likeness (QED) is 0.695. The summed E-state index contributed by atoms with van der Waals surface area (Å²) in [6.07, 6.45) is 7.07. The molecular formula is C20H19ClN4O2. The molecule has 0 aliphatic heterocycles. The summed E-state index contributed by atoms with van der Waals surface area (Å²) in [5.74, 6) is 1.47. The topological polar surface area (TPSA) is 69.9 Å². The second kappa shape index (κ2) is 7.12. The van der Waals surface area contributed by atoms with Crippen molar-refractivity contribution in [1.29, 1.82) is 0 Å². The number of aromatic nitrogens is 4. The first-order chi connectivity index (χ1) is 13.1. The van der Waals surface area contributed by atoms with Crippen molar-refractivity contribution >= 4 is 11.6 Å². The molecule has 0 spiro atoms. The van der Waals surface area contributed by atoms with Crippen LogP contribution in [-0.4, -0.2) is 26.9 Å². The average molecular weight is 383 g/mol. The third kappa shape index (κ3) is 3.21. The van der Waals surface area contributed by atoms with Gasteiger partial charge in [-0.15, -0.1) is 0 Å². The average Bonchev–Trinajstić information content (AvgIpc) is 2.69. The van der Waals surface area contributed by atoms with Crippen LogP contribution in [0.3, 0.4) is 0 Å². The van der Waals surface area contributed by atoms with Gasteiger partial charge in [-0.1, -0.05) is 23.7 Å². The molecule has 4 rings (SSSR count). The molecule has 1 aliphatic carbocycles. The summed E-state index contributed by atoms with van der Waals surface area (Å²) in [7, 11) is 1.69. The summed E-state index contributed by atoms with van der Waals surface area (Å²) < 4.78 is 6.69. The molecule has 0 radical (unpaired) electrons. The predicted molar refractivity (Wildman–Crippen MR) is 103 cm³/mol. The molecule has 1 atom stereocenters. The van der Waals surface area contributed by atoms with Crippen LogP contribution in [0.15, 0.2) is 41.6 Å². The van der Waals surface area contributed by atoms with Gasteiger partial charge in [0.15, 0.2) is 0 Å². The maximum Gasteiger partial charge on any atom is 0.277 e. The summed E-state index contributed by atoms with van der Waals surface area (Å²) >= 11 is 5.82. The Morgan fingerprint density at radius 3 is 2.74 bits per heavy atom. The molecular weight excluding hydrogens is 364 g/mol. The second-order valence-electron chi connectivity index (χ2n) is 6.68. The summed E-state index contributed by atoms with van der Waals surface area (Å²) in [6, 6.07) is 6.14. The van der Waals surface area contributed by atoms with Gasteiger partial charge in [0.1, 0.15) is 5.75 Å². The summed E-state index contributed by atoms with van der Waals surface area (Å²) in [4.78, 5) is 21.1. The van der Waals surface area contributed by atoms with Gasteiger partial charge in [-0.2, -0.15) is 9.78 Å². The molecule has 7 heteroatoms. The van der Waals surface area contributed by atoms with E-state index < -0.39 is 0 Å². The normalized spacial score (nSPS) is 16.0. The Morgan fingerprint density at radius 1 is 1.22 bits per heavy atom. The molecule has 2 heterocycles. The molecule has 27 heavy (non-hydrogen) atoms. The van der Waals surface area contributed by atoms with Gasteiger partial charge in [-0.3, -0.25) is 4.79 Å². The Kier molecular flexibility index (Phi) is 4.66. The first-order valence-corrected chi connectivity index (χ1v) is 9.17. The molecule has 0 N–H and O–H groups in total. The number of benzene rings is 1. The van der Waals surface area contributed by atoms with Crippen LogP contribution in [0.5, 0.6) is 5.75 Å². The van der Waals surface area contributed by atoms with Gasteiger partial charge >= 0.3 is 0 Å². The van der Waals surface area contributed by atoms with Gasteiger partial charge in [-0.25, -0.2) is 9.97 Å². The first-order valence-electron chi connectivity index (χ1n) is 8.80. The van der Waals surface area contributed by atoms with Crippen molar-refractivity contribution in [2.24, 2.45) is 0 Å². The van der Waals surface area contributed by atoms with Gasteiger partial charge < -0.3 is 4.74 Å². The molecule has 138 valence electrons. The fraction of sp³-hybridized carbons (Fsp3) is 0.300. The summed E-state index contributed by atoms with van der Waals surface area (Å²) in [5, 5.41) is 4.70. The van der Waals surface area contributed by atoms with Crippen LogP contribution in [0.1, 0.15) is 34.6 Å². The predicted octanol–water partition coefficient (Wildman–Crippen LogP) is 3.27. The molecule has 0 bridgehead atoms. The van der Waals surface area contributed by atoms with Crippen LogP contribution < -0.4 is 10.3 Å². The van der Waals surface area contributed by atoms with Gasteiger partial charge in [0.2, 0.25) is 0 Å². The molecule has 0 saturated heterocycles. The van der Waals surface area contributed by atoms with Gasteiger partial charge in [0.25, 0.3) is 11.5 Å². The van der Waals surface area contributed by atoms with E-state index in [4.69, 9.17) is 16.3 Å². The lowest BCUT2D eigenvalue weighted by Gasteiger charge is -2.26. The lowest BCUT2D eigenvalue weighted by atomic mass is 9.79. The third-order valence-electron chi connectivity index (χ3n) is 5.16. The van der Waals surface area contributed by atoms with Crippen molar-refractivity contribution < 1.29 is 4.74 Å². The number of methoxy groups -OCH3 is 1. The van der Waals surface area contributed by atoms with Crippen LogP contribution in [0.25, 0.3) is 5.95 Å². The highest BCUT2D eigenvalue weighted by atomic mass is 35.5. The van der Waals surface area contributed by atoms with Crippen molar-refractivity contribution in [2.45, 2.75) is 32.1 Å². The van der Waals surface area contributed by atoms with Crippen LogP contribution in [0, 0.1) is 6.92 Å². The Balaban J connectivity index is 1.68. The Morgan fingerprint density at radius 2 is 2.00 bits per heavy atom. The maximum absolute atomic E-state index is 12.9. The van der Waals surface area contributed by atoms with Crippen LogP contribution >= 0.6 is 11.6 Å². The molecule has 0 amide bonds. The van der Waals surface area contributed by atoms with E-state index in [2.05, 4.69) is 28.1 Å². The molecule has 1 aliphatic rings. The molecule has 0 fully saturated rings. The number of rotatable bonds is 3. The van der Waals surface area contributed by atoms with Gasteiger partial charge in [0.05, 0.1) is 30.7 Å². The van der Waals surface area contributed by atoms with Crippen molar-refractivity contribution in [3.05, 3.63) is 74.4 Å². The lowest BCUT2D eigenvalue weighted by molar-refractivity contribution is 0.409. The fourth-order valence-corrected chi connectivity index (χ4v) is 3.87. The SMILES string of the molecule is COc1cccc(C2CCc3c(cnn(-c4ncc(Cl)cn4)c3=O)C2)c1C. The van der Waals surface area contributed by atoms with Crippen molar-refractivity contribution in [1.82, 2.24) is 19.7 Å². The number of ether oxygens (including phenoxy) is 1. The van der Waals surface area contributed by atoms with Gasteiger partial charge in [-0.05, 0) is 54.9 Å². The maximum atomic E-state index is 12.9. The molecule has 1 unspecified atom stereocenters. The smallest absolute Gasteiger partial charge is 0.277 e. The van der Waals surface area contributed by atoms with Crippen LogP contribution in [-0.2, 0) is 12.8 Å². The van der Waals surface area contributed by atoms with Gasteiger partial charge in [0, 0.05) is 5.56 Å². The highest BCUT2D eigenvalue weighted by Gasteiger charge is 2.25.